The molecule has 0 saturated heterocycles. The molecule has 0 aliphatic carbocycles. The van der Waals surface area contributed by atoms with Crippen molar-refractivity contribution in [2.75, 3.05) is 0 Å². The lowest BCUT2D eigenvalue weighted by molar-refractivity contribution is 0.842. The molecule has 0 aliphatic rings. The van der Waals surface area contributed by atoms with Gasteiger partial charge in [-0.05, 0) is 28.1 Å². The summed E-state index contributed by atoms with van der Waals surface area (Å²) >= 11 is 3.27. The van der Waals surface area contributed by atoms with Crippen molar-refractivity contribution in [2.24, 2.45) is 7.05 Å². The van der Waals surface area contributed by atoms with Gasteiger partial charge in [-0.3, -0.25) is 14.3 Å². The van der Waals surface area contributed by atoms with Gasteiger partial charge in [0.15, 0.2) is 0 Å². The smallest absolute Gasteiger partial charge is 0.296 e. The number of rotatable bonds is 0. The molecule has 2 aromatic rings. The zero-order chi connectivity index (χ0) is 10.3. The van der Waals surface area contributed by atoms with E-state index in [1.807, 2.05) is 0 Å². The summed E-state index contributed by atoms with van der Waals surface area (Å²) in [6, 6.07) is 5.28. The van der Waals surface area contributed by atoms with E-state index in [0.717, 1.165) is 0 Å². The number of aromatic amines is 1. The first kappa shape index (κ1) is 9.21. The molecule has 1 N–H and O–H groups in total. The van der Waals surface area contributed by atoms with E-state index in [1.54, 1.807) is 25.2 Å². The van der Waals surface area contributed by atoms with Crippen LogP contribution in [0.15, 0.2) is 32.3 Å². The molecule has 0 unspecified atom stereocenters. The first-order valence-electron chi connectivity index (χ1n) is 3.99. The van der Waals surface area contributed by atoms with Crippen LogP contribution in [-0.2, 0) is 7.05 Å². The van der Waals surface area contributed by atoms with Crippen molar-refractivity contribution in [1.82, 2.24) is 9.55 Å². The maximum Gasteiger partial charge on any atom is 0.328 e. The molecule has 4 nitrogen and oxygen atoms in total. The molecule has 0 spiro atoms. The maximum absolute atomic E-state index is 11.5. The normalized spacial score (nSPS) is 10.7. The van der Waals surface area contributed by atoms with Crippen LogP contribution in [0.2, 0.25) is 0 Å². The Labute approximate surface area is 87.3 Å². The number of nitrogens with one attached hydrogen (secondary N) is 1. The highest BCUT2D eigenvalue weighted by molar-refractivity contribution is 9.10. The van der Waals surface area contributed by atoms with E-state index in [-0.39, 0.29) is 5.56 Å². The summed E-state index contributed by atoms with van der Waals surface area (Å²) in [5.41, 5.74) is -0.149. The predicted octanol–water partition coefficient (Wildman–Crippen LogP) is 0.989. The van der Waals surface area contributed by atoms with Gasteiger partial charge in [0.05, 0.1) is 10.9 Å². The van der Waals surface area contributed by atoms with Crippen molar-refractivity contribution in [2.45, 2.75) is 0 Å². The lowest BCUT2D eigenvalue weighted by Crippen LogP contribution is -2.28. The second kappa shape index (κ2) is 3.09. The van der Waals surface area contributed by atoms with Crippen LogP contribution < -0.4 is 11.2 Å². The van der Waals surface area contributed by atoms with Crippen molar-refractivity contribution in [1.29, 1.82) is 0 Å². The molecule has 1 heterocycles. The molecule has 0 fully saturated rings. The largest absolute Gasteiger partial charge is 0.328 e. The molecule has 14 heavy (non-hydrogen) atoms. The van der Waals surface area contributed by atoms with E-state index < -0.39 is 5.69 Å². The van der Waals surface area contributed by atoms with Gasteiger partial charge in [-0.25, -0.2) is 4.79 Å². The van der Waals surface area contributed by atoms with Gasteiger partial charge in [-0.1, -0.05) is 6.07 Å². The highest BCUT2D eigenvalue weighted by Crippen LogP contribution is 2.18. The van der Waals surface area contributed by atoms with E-state index in [2.05, 4.69) is 20.9 Å². The molecule has 0 atom stereocenters. The molecule has 0 aliphatic heterocycles. The average molecular weight is 255 g/mol. The molecule has 0 saturated carbocycles. The minimum absolute atomic E-state index is 0.365. The van der Waals surface area contributed by atoms with E-state index in [1.165, 1.54) is 4.57 Å². The Bertz CT molecular complexity index is 612. The number of aromatic nitrogens is 2. The van der Waals surface area contributed by atoms with Gasteiger partial charge >= 0.3 is 5.69 Å². The van der Waals surface area contributed by atoms with Gasteiger partial charge in [-0.15, -0.1) is 0 Å². The second-order valence-electron chi connectivity index (χ2n) is 2.95. The molecule has 2 rings (SSSR count). The Kier molecular flexibility index (Phi) is 2.03. The standard InChI is InChI=1S/C9H7BrN2O2/c1-12-6-4-2-3-5(10)7(6)8(13)11-9(12)14/h2-4H,1H3,(H,11,13,14). The summed E-state index contributed by atoms with van der Waals surface area (Å²) in [6.07, 6.45) is 0. The predicted molar refractivity (Wildman–Crippen MR) is 57.5 cm³/mol. The lowest BCUT2D eigenvalue weighted by atomic mass is 10.2. The van der Waals surface area contributed by atoms with E-state index >= 15 is 0 Å². The third-order valence-electron chi connectivity index (χ3n) is 2.11. The maximum atomic E-state index is 11.5. The number of H-pyrrole nitrogens is 1. The van der Waals surface area contributed by atoms with Crippen LogP contribution in [0, 0.1) is 0 Å². The Hall–Kier alpha value is -1.36. The second-order valence-corrected chi connectivity index (χ2v) is 3.81. The summed E-state index contributed by atoms with van der Waals surface area (Å²) in [5, 5.41) is 0.495. The highest BCUT2D eigenvalue weighted by atomic mass is 79.9. The SMILES string of the molecule is Cn1c(=O)[nH]c(=O)c2c(Br)cccc21. The molecule has 72 valence electrons. The van der Waals surface area contributed by atoms with Crippen molar-refractivity contribution in [3.05, 3.63) is 43.5 Å². The Morgan fingerprint density at radius 3 is 2.79 bits per heavy atom. The van der Waals surface area contributed by atoms with E-state index in [9.17, 15) is 9.59 Å². The average Bonchev–Trinajstić information content (AvgIpc) is 2.14. The fourth-order valence-corrected chi connectivity index (χ4v) is 1.91. The topological polar surface area (TPSA) is 54.9 Å². The first-order chi connectivity index (χ1) is 6.61. The Morgan fingerprint density at radius 2 is 2.07 bits per heavy atom. The van der Waals surface area contributed by atoms with Crippen molar-refractivity contribution in [3.63, 3.8) is 0 Å². The monoisotopic (exact) mass is 254 g/mol. The van der Waals surface area contributed by atoms with E-state index in [0.29, 0.717) is 15.4 Å². The minimum atomic E-state index is -0.402. The fourth-order valence-electron chi connectivity index (χ4n) is 1.37. The number of aryl methyl sites for hydroxylation is 1. The third-order valence-corrected chi connectivity index (χ3v) is 2.77. The van der Waals surface area contributed by atoms with Crippen LogP contribution in [0.1, 0.15) is 0 Å². The van der Waals surface area contributed by atoms with Crippen LogP contribution in [0.3, 0.4) is 0 Å². The number of nitrogens with zero attached hydrogens (tertiary/aromatic N) is 1. The zero-order valence-corrected chi connectivity index (χ0v) is 8.96. The molecule has 1 aromatic carbocycles. The number of benzene rings is 1. The lowest BCUT2D eigenvalue weighted by Gasteiger charge is -2.03. The first-order valence-corrected chi connectivity index (χ1v) is 4.78. The van der Waals surface area contributed by atoms with E-state index in [4.69, 9.17) is 0 Å². The van der Waals surface area contributed by atoms with Crippen LogP contribution in [0.5, 0.6) is 0 Å². The molecule has 0 amide bonds. The number of fused-ring (bicyclic) bond motifs is 1. The Balaban J connectivity index is 3.18. The molecule has 5 heteroatoms. The fraction of sp³-hybridized carbons (Fsp3) is 0.111. The molecule has 0 bridgehead atoms. The van der Waals surface area contributed by atoms with Gasteiger partial charge in [0.25, 0.3) is 5.56 Å². The van der Waals surface area contributed by atoms with Gasteiger partial charge in [0, 0.05) is 11.5 Å². The molecule has 0 radical (unpaired) electrons. The Morgan fingerprint density at radius 1 is 1.36 bits per heavy atom. The van der Waals surface area contributed by atoms with Crippen LogP contribution in [0.4, 0.5) is 0 Å². The van der Waals surface area contributed by atoms with Crippen molar-refractivity contribution in [3.8, 4) is 0 Å². The summed E-state index contributed by atoms with van der Waals surface area (Å²) in [7, 11) is 1.62. The minimum Gasteiger partial charge on any atom is -0.296 e. The number of halogens is 1. The zero-order valence-electron chi connectivity index (χ0n) is 7.37. The summed E-state index contributed by atoms with van der Waals surface area (Å²) in [6.45, 7) is 0. The summed E-state index contributed by atoms with van der Waals surface area (Å²) < 4.78 is 2.09. The molecule has 1 aromatic heterocycles. The third kappa shape index (κ3) is 1.21. The van der Waals surface area contributed by atoms with Gasteiger partial charge < -0.3 is 0 Å². The number of hydrogen-bond donors (Lipinski definition) is 1. The van der Waals surface area contributed by atoms with Gasteiger partial charge in [0.1, 0.15) is 0 Å². The highest BCUT2D eigenvalue weighted by Gasteiger charge is 2.06. The number of hydrogen-bond acceptors (Lipinski definition) is 2. The van der Waals surface area contributed by atoms with Crippen molar-refractivity contribution < 1.29 is 0 Å². The van der Waals surface area contributed by atoms with Crippen LogP contribution in [0.25, 0.3) is 10.9 Å². The van der Waals surface area contributed by atoms with Crippen LogP contribution >= 0.6 is 15.9 Å². The van der Waals surface area contributed by atoms with Crippen molar-refractivity contribution >= 4 is 26.8 Å². The van der Waals surface area contributed by atoms with Gasteiger partial charge in [-0.2, -0.15) is 0 Å². The molecular weight excluding hydrogens is 248 g/mol. The molecular formula is C9H7BrN2O2. The summed E-state index contributed by atoms with van der Waals surface area (Å²) in [5.74, 6) is 0. The van der Waals surface area contributed by atoms with Gasteiger partial charge in [0.2, 0.25) is 0 Å². The quantitative estimate of drug-likeness (QED) is 0.763. The summed E-state index contributed by atoms with van der Waals surface area (Å²) in [4.78, 5) is 25.0. The van der Waals surface area contributed by atoms with Crippen LogP contribution in [-0.4, -0.2) is 9.55 Å².